The monoisotopic (exact) mass is 160 g/mol. The number of hydrogen-bond acceptors (Lipinski definition) is 2. The molecule has 66 valence electrons. The van der Waals surface area contributed by atoms with Gasteiger partial charge >= 0.3 is 6.03 Å². The van der Waals surface area contributed by atoms with E-state index in [0.717, 1.165) is 0 Å². The number of nitrogens with one attached hydrogen (secondary N) is 2. The van der Waals surface area contributed by atoms with Crippen molar-refractivity contribution in [1.29, 1.82) is 0 Å². The Labute approximate surface area is 67.0 Å². The highest BCUT2D eigenvalue weighted by molar-refractivity contribution is 5.74. The molecule has 0 aromatic heterocycles. The molecule has 0 rings (SSSR count). The first-order valence-electron chi connectivity index (χ1n) is 3.62. The Kier molecular flexibility index (Phi) is 3.89. The minimum absolute atomic E-state index is 0.0302. The van der Waals surface area contributed by atoms with Crippen LogP contribution in [0.1, 0.15) is 20.8 Å². The van der Waals surface area contributed by atoms with Crippen LogP contribution in [0.3, 0.4) is 0 Å². The Morgan fingerprint density at radius 3 is 2.36 bits per heavy atom. The fraction of sp³-hybridized carbons (Fsp3) is 0.857. The van der Waals surface area contributed by atoms with Gasteiger partial charge in [0.1, 0.15) is 0 Å². The largest absolute Gasteiger partial charge is 0.395 e. The van der Waals surface area contributed by atoms with Gasteiger partial charge < -0.3 is 15.7 Å². The highest BCUT2D eigenvalue weighted by Gasteiger charge is 2.12. The highest BCUT2D eigenvalue weighted by atomic mass is 16.3. The summed E-state index contributed by atoms with van der Waals surface area (Å²) in [7, 11) is 0. The molecule has 0 fully saturated rings. The number of amides is 2. The molecule has 2 amide bonds. The van der Waals surface area contributed by atoms with E-state index < -0.39 is 0 Å². The minimum Gasteiger partial charge on any atom is -0.395 e. The average Bonchev–Trinajstić information content (AvgIpc) is 1.79. The highest BCUT2D eigenvalue weighted by Crippen LogP contribution is 1.96. The van der Waals surface area contributed by atoms with E-state index in [9.17, 15) is 4.79 Å². The zero-order chi connectivity index (χ0) is 8.91. The van der Waals surface area contributed by atoms with Gasteiger partial charge in [-0.3, -0.25) is 0 Å². The molecule has 0 saturated carbocycles. The summed E-state index contributed by atoms with van der Waals surface area (Å²) < 4.78 is 0. The smallest absolute Gasteiger partial charge is 0.315 e. The van der Waals surface area contributed by atoms with Crippen molar-refractivity contribution >= 4 is 6.03 Å². The predicted octanol–water partition coefficient (Wildman–Crippen LogP) is 0.0764. The van der Waals surface area contributed by atoms with E-state index in [0.29, 0.717) is 6.54 Å². The van der Waals surface area contributed by atoms with Crippen LogP contribution in [0, 0.1) is 0 Å². The van der Waals surface area contributed by atoms with E-state index in [1.54, 1.807) is 0 Å². The molecule has 0 bridgehead atoms. The molecule has 0 atom stereocenters. The average molecular weight is 160 g/mol. The fourth-order valence-electron chi connectivity index (χ4n) is 0.554. The molecule has 0 saturated heterocycles. The molecule has 0 aliphatic carbocycles. The van der Waals surface area contributed by atoms with Gasteiger partial charge in [-0.05, 0) is 20.8 Å². The van der Waals surface area contributed by atoms with Gasteiger partial charge in [-0.1, -0.05) is 0 Å². The summed E-state index contributed by atoms with van der Waals surface area (Å²) in [6.45, 7) is 5.95. The SMILES string of the molecule is CC(C)(C)NC(=O)NCCO. The number of carbonyl (C=O) groups is 1. The van der Waals surface area contributed by atoms with Crippen LogP contribution in [0.25, 0.3) is 0 Å². The molecule has 0 unspecified atom stereocenters. The first-order chi connectivity index (χ1) is 4.95. The molecule has 3 N–H and O–H groups in total. The number of rotatable bonds is 2. The van der Waals surface area contributed by atoms with Crippen LogP contribution in [0.2, 0.25) is 0 Å². The van der Waals surface area contributed by atoms with E-state index in [1.807, 2.05) is 20.8 Å². The molecule has 4 heteroatoms. The molecule has 0 aliphatic heterocycles. The molecular formula is C7H16N2O2. The second kappa shape index (κ2) is 4.18. The zero-order valence-corrected chi connectivity index (χ0v) is 7.27. The maximum absolute atomic E-state index is 10.9. The van der Waals surface area contributed by atoms with Gasteiger partial charge in [0.25, 0.3) is 0 Å². The Morgan fingerprint density at radius 2 is 2.00 bits per heavy atom. The summed E-state index contributed by atoms with van der Waals surface area (Å²) in [6, 6.07) is -0.244. The normalized spacial score (nSPS) is 10.9. The van der Waals surface area contributed by atoms with Crippen LogP contribution in [-0.4, -0.2) is 29.8 Å². The molecule has 0 aromatic carbocycles. The van der Waals surface area contributed by atoms with Gasteiger partial charge in [-0.25, -0.2) is 4.79 Å². The standard InChI is InChI=1S/C7H16N2O2/c1-7(2,3)9-6(11)8-4-5-10/h10H,4-5H2,1-3H3,(H2,8,9,11). The van der Waals surface area contributed by atoms with Crippen LogP contribution in [0.4, 0.5) is 4.79 Å². The van der Waals surface area contributed by atoms with Gasteiger partial charge in [0.2, 0.25) is 0 Å². The molecule has 0 aromatic rings. The van der Waals surface area contributed by atoms with Crippen molar-refractivity contribution in [2.75, 3.05) is 13.2 Å². The fourth-order valence-corrected chi connectivity index (χ4v) is 0.554. The minimum atomic E-state index is -0.244. The van der Waals surface area contributed by atoms with E-state index >= 15 is 0 Å². The van der Waals surface area contributed by atoms with Crippen LogP contribution >= 0.6 is 0 Å². The van der Waals surface area contributed by atoms with E-state index in [4.69, 9.17) is 5.11 Å². The number of aliphatic hydroxyl groups is 1. The van der Waals surface area contributed by atoms with Crippen LogP contribution in [0.15, 0.2) is 0 Å². The van der Waals surface area contributed by atoms with Crippen molar-refractivity contribution in [3.63, 3.8) is 0 Å². The summed E-state index contributed by atoms with van der Waals surface area (Å²) in [4.78, 5) is 10.9. The lowest BCUT2D eigenvalue weighted by Crippen LogP contribution is -2.47. The van der Waals surface area contributed by atoms with Crippen LogP contribution in [0.5, 0.6) is 0 Å². The third-order valence-corrected chi connectivity index (χ3v) is 0.886. The van der Waals surface area contributed by atoms with Crippen molar-refractivity contribution in [3.05, 3.63) is 0 Å². The molecule has 11 heavy (non-hydrogen) atoms. The maximum atomic E-state index is 10.9. The van der Waals surface area contributed by atoms with Crippen molar-refractivity contribution in [3.8, 4) is 0 Å². The van der Waals surface area contributed by atoms with Crippen LogP contribution in [-0.2, 0) is 0 Å². The van der Waals surface area contributed by atoms with Crippen molar-refractivity contribution in [2.24, 2.45) is 0 Å². The Morgan fingerprint density at radius 1 is 1.45 bits per heavy atom. The van der Waals surface area contributed by atoms with E-state index in [1.165, 1.54) is 0 Å². The molecule has 0 aliphatic rings. The van der Waals surface area contributed by atoms with Crippen molar-refractivity contribution < 1.29 is 9.90 Å². The molecule has 0 radical (unpaired) electrons. The van der Waals surface area contributed by atoms with Crippen molar-refractivity contribution in [1.82, 2.24) is 10.6 Å². The van der Waals surface area contributed by atoms with E-state index in [-0.39, 0.29) is 18.2 Å². The summed E-state index contributed by atoms with van der Waals surface area (Å²) in [5.74, 6) is 0. The second-order valence-electron chi connectivity index (χ2n) is 3.35. The molecule has 0 heterocycles. The summed E-state index contributed by atoms with van der Waals surface area (Å²) in [5.41, 5.74) is -0.223. The van der Waals surface area contributed by atoms with Gasteiger partial charge in [0.15, 0.2) is 0 Å². The number of carbonyl (C=O) groups excluding carboxylic acids is 1. The Balaban J connectivity index is 3.53. The third kappa shape index (κ3) is 7.12. The quantitative estimate of drug-likeness (QED) is 0.535. The predicted molar refractivity (Wildman–Crippen MR) is 43.4 cm³/mol. The summed E-state index contributed by atoms with van der Waals surface area (Å²) >= 11 is 0. The number of urea groups is 1. The summed E-state index contributed by atoms with van der Waals surface area (Å²) in [6.07, 6.45) is 0. The van der Waals surface area contributed by atoms with Crippen molar-refractivity contribution in [2.45, 2.75) is 26.3 Å². The number of aliphatic hydroxyl groups excluding tert-OH is 1. The maximum Gasteiger partial charge on any atom is 0.315 e. The first kappa shape index (κ1) is 10.2. The second-order valence-corrected chi connectivity index (χ2v) is 3.35. The van der Waals surface area contributed by atoms with E-state index in [2.05, 4.69) is 10.6 Å². The van der Waals surface area contributed by atoms with Gasteiger partial charge in [0.05, 0.1) is 6.61 Å². The van der Waals surface area contributed by atoms with Gasteiger partial charge in [-0.15, -0.1) is 0 Å². The number of hydrogen-bond donors (Lipinski definition) is 3. The molecule has 4 nitrogen and oxygen atoms in total. The molecule has 0 spiro atoms. The lowest BCUT2D eigenvalue weighted by molar-refractivity contribution is 0.226. The van der Waals surface area contributed by atoms with Gasteiger partial charge in [-0.2, -0.15) is 0 Å². The summed E-state index contributed by atoms with van der Waals surface area (Å²) in [5, 5.41) is 13.6. The Hall–Kier alpha value is -0.770. The molecular weight excluding hydrogens is 144 g/mol. The zero-order valence-electron chi connectivity index (χ0n) is 7.27. The lowest BCUT2D eigenvalue weighted by Gasteiger charge is -2.20. The Bertz CT molecular complexity index is 129. The topological polar surface area (TPSA) is 61.4 Å². The van der Waals surface area contributed by atoms with Gasteiger partial charge in [0, 0.05) is 12.1 Å². The first-order valence-corrected chi connectivity index (χ1v) is 3.62. The van der Waals surface area contributed by atoms with Crippen LogP contribution < -0.4 is 10.6 Å². The third-order valence-electron chi connectivity index (χ3n) is 0.886. The lowest BCUT2D eigenvalue weighted by atomic mass is 10.1.